The number of hydrogen-bond donors (Lipinski definition) is 0. The van der Waals surface area contributed by atoms with Crippen molar-refractivity contribution in [1.29, 1.82) is 0 Å². The lowest BCUT2D eigenvalue weighted by Crippen LogP contribution is -2.10. The molecule has 6 nitrogen and oxygen atoms in total. The van der Waals surface area contributed by atoms with E-state index >= 15 is 0 Å². The Hall–Kier alpha value is -2.24. The first-order chi connectivity index (χ1) is 8.15. The summed E-state index contributed by atoms with van der Waals surface area (Å²) in [5.41, 5.74) is 2.60. The van der Waals surface area contributed by atoms with Crippen LogP contribution < -0.4 is 0 Å². The van der Waals surface area contributed by atoms with Gasteiger partial charge in [0.15, 0.2) is 5.69 Å². The fraction of sp³-hybridized carbons (Fsp3) is 0.273. The average molecular weight is 232 g/mol. The summed E-state index contributed by atoms with van der Waals surface area (Å²) in [5, 5.41) is 4.06. The second-order valence-electron chi connectivity index (χ2n) is 3.58. The van der Waals surface area contributed by atoms with Gasteiger partial charge in [0.25, 0.3) is 0 Å². The number of ether oxygens (including phenoxy) is 1. The van der Waals surface area contributed by atoms with E-state index in [9.17, 15) is 4.79 Å². The zero-order chi connectivity index (χ0) is 12.4. The van der Waals surface area contributed by atoms with Gasteiger partial charge >= 0.3 is 5.97 Å². The molecule has 17 heavy (non-hydrogen) atoms. The van der Waals surface area contributed by atoms with Gasteiger partial charge in [0.2, 0.25) is 0 Å². The number of aromatic nitrogens is 4. The van der Waals surface area contributed by atoms with Crippen LogP contribution in [0.2, 0.25) is 0 Å². The molecule has 0 amide bonds. The Bertz CT molecular complexity index is 562. The van der Waals surface area contributed by atoms with Gasteiger partial charge in [-0.25, -0.2) is 14.8 Å². The largest absolute Gasteiger partial charge is 0.464 e. The van der Waals surface area contributed by atoms with Gasteiger partial charge in [0.1, 0.15) is 6.33 Å². The quantitative estimate of drug-likeness (QED) is 0.721. The molecule has 0 aromatic carbocycles. The van der Waals surface area contributed by atoms with Crippen LogP contribution in [0.3, 0.4) is 0 Å². The number of methoxy groups -OCH3 is 1. The molecule has 0 unspecified atom stereocenters. The van der Waals surface area contributed by atoms with E-state index in [2.05, 4.69) is 15.1 Å². The fourth-order valence-corrected chi connectivity index (χ4v) is 1.63. The maximum Gasteiger partial charge on any atom is 0.357 e. The molecule has 0 bridgehead atoms. The molecule has 2 aromatic rings. The molecule has 2 aromatic heterocycles. The number of carbonyl (C=O) groups excluding carboxylic acids is 1. The van der Waals surface area contributed by atoms with Crippen molar-refractivity contribution in [2.45, 2.75) is 6.92 Å². The smallest absolute Gasteiger partial charge is 0.357 e. The second-order valence-corrected chi connectivity index (χ2v) is 3.58. The minimum atomic E-state index is -0.432. The zero-order valence-electron chi connectivity index (χ0n) is 9.84. The summed E-state index contributed by atoms with van der Waals surface area (Å²) in [7, 11) is 3.03. The van der Waals surface area contributed by atoms with Crippen molar-refractivity contribution < 1.29 is 9.53 Å². The van der Waals surface area contributed by atoms with Crippen LogP contribution in [0.15, 0.2) is 18.7 Å². The molecule has 2 rings (SSSR count). The molecule has 88 valence electrons. The monoisotopic (exact) mass is 232 g/mol. The Morgan fingerprint density at radius 1 is 1.41 bits per heavy atom. The van der Waals surface area contributed by atoms with E-state index in [4.69, 9.17) is 4.74 Å². The van der Waals surface area contributed by atoms with Gasteiger partial charge in [-0.1, -0.05) is 0 Å². The van der Waals surface area contributed by atoms with E-state index in [0.29, 0.717) is 17.0 Å². The minimum Gasteiger partial charge on any atom is -0.464 e. The first-order valence-corrected chi connectivity index (χ1v) is 5.02. The Kier molecular flexibility index (Phi) is 2.86. The molecular formula is C11H12N4O2. The van der Waals surface area contributed by atoms with E-state index in [1.807, 2.05) is 6.92 Å². The van der Waals surface area contributed by atoms with Gasteiger partial charge in [0, 0.05) is 13.2 Å². The summed E-state index contributed by atoms with van der Waals surface area (Å²) in [4.78, 5) is 19.8. The number of nitrogens with zero attached hydrogens (tertiary/aromatic N) is 4. The molecule has 0 radical (unpaired) electrons. The van der Waals surface area contributed by atoms with Gasteiger partial charge in [0.05, 0.1) is 24.6 Å². The average Bonchev–Trinajstić information content (AvgIpc) is 2.71. The van der Waals surface area contributed by atoms with Crippen molar-refractivity contribution in [1.82, 2.24) is 19.7 Å². The topological polar surface area (TPSA) is 69.9 Å². The van der Waals surface area contributed by atoms with Gasteiger partial charge in [-0.3, -0.25) is 4.68 Å². The Balaban J connectivity index is 2.61. The number of rotatable bonds is 2. The third-order valence-corrected chi connectivity index (χ3v) is 2.47. The normalized spacial score (nSPS) is 10.3. The molecule has 0 saturated heterocycles. The Morgan fingerprint density at radius 3 is 2.82 bits per heavy atom. The molecule has 0 N–H and O–H groups in total. The molecule has 0 aliphatic carbocycles. The van der Waals surface area contributed by atoms with Crippen LogP contribution in [0.25, 0.3) is 11.3 Å². The lowest BCUT2D eigenvalue weighted by molar-refractivity contribution is 0.0589. The second kappa shape index (κ2) is 4.32. The maximum absolute atomic E-state index is 11.7. The van der Waals surface area contributed by atoms with E-state index in [-0.39, 0.29) is 0 Å². The number of hydrogen-bond acceptors (Lipinski definition) is 5. The Morgan fingerprint density at radius 2 is 2.18 bits per heavy atom. The standard InChI is InChI=1S/C11H12N4O2/c1-7-4-12-6-13-9(7)8-5-14-15(2)10(8)11(16)17-3/h4-6H,1-3H3. The molecule has 6 heteroatoms. The maximum atomic E-state index is 11.7. The van der Waals surface area contributed by atoms with Crippen molar-refractivity contribution in [3.05, 3.63) is 30.0 Å². The summed E-state index contributed by atoms with van der Waals surface area (Å²) < 4.78 is 6.21. The molecule has 2 heterocycles. The minimum absolute atomic E-state index is 0.384. The molecular weight excluding hydrogens is 220 g/mol. The van der Waals surface area contributed by atoms with Crippen molar-refractivity contribution in [3.8, 4) is 11.3 Å². The molecule has 0 spiro atoms. The summed E-state index contributed by atoms with van der Waals surface area (Å²) in [6.45, 7) is 1.88. The fourth-order valence-electron chi connectivity index (χ4n) is 1.63. The zero-order valence-corrected chi connectivity index (χ0v) is 9.84. The van der Waals surface area contributed by atoms with Crippen molar-refractivity contribution in [2.24, 2.45) is 7.05 Å². The van der Waals surface area contributed by atoms with Crippen LogP contribution >= 0.6 is 0 Å². The third kappa shape index (κ3) is 1.89. The highest BCUT2D eigenvalue weighted by Gasteiger charge is 2.20. The summed E-state index contributed by atoms with van der Waals surface area (Å²) >= 11 is 0. The molecule has 0 aliphatic heterocycles. The highest BCUT2D eigenvalue weighted by atomic mass is 16.5. The summed E-state index contributed by atoms with van der Waals surface area (Å²) in [6.07, 6.45) is 4.73. The van der Waals surface area contributed by atoms with Gasteiger partial charge in [-0.2, -0.15) is 5.10 Å². The molecule has 0 aliphatic rings. The van der Waals surface area contributed by atoms with E-state index < -0.39 is 5.97 Å². The van der Waals surface area contributed by atoms with Crippen LogP contribution in [-0.4, -0.2) is 32.8 Å². The predicted octanol–water partition coefficient (Wildman–Crippen LogP) is 0.972. The van der Waals surface area contributed by atoms with Crippen molar-refractivity contribution >= 4 is 5.97 Å². The molecule has 0 fully saturated rings. The number of esters is 1. The lowest BCUT2D eigenvalue weighted by Gasteiger charge is -2.05. The van der Waals surface area contributed by atoms with E-state index in [1.54, 1.807) is 19.4 Å². The van der Waals surface area contributed by atoms with Crippen LogP contribution in [-0.2, 0) is 11.8 Å². The first kappa shape index (κ1) is 11.3. The number of carbonyl (C=O) groups is 1. The van der Waals surface area contributed by atoms with E-state index in [1.165, 1.54) is 18.1 Å². The third-order valence-electron chi connectivity index (χ3n) is 2.47. The summed E-state index contributed by atoms with van der Waals surface area (Å²) in [6, 6.07) is 0. The van der Waals surface area contributed by atoms with Crippen LogP contribution in [0, 0.1) is 6.92 Å². The lowest BCUT2D eigenvalue weighted by atomic mass is 10.1. The summed E-state index contributed by atoms with van der Waals surface area (Å²) in [5.74, 6) is -0.432. The predicted molar refractivity (Wildman–Crippen MR) is 60.3 cm³/mol. The van der Waals surface area contributed by atoms with Crippen molar-refractivity contribution in [2.75, 3.05) is 7.11 Å². The number of aryl methyl sites for hydroxylation is 2. The molecule has 0 saturated carbocycles. The van der Waals surface area contributed by atoms with Crippen LogP contribution in [0.4, 0.5) is 0 Å². The van der Waals surface area contributed by atoms with Gasteiger partial charge in [-0.15, -0.1) is 0 Å². The van der Waals surface area contributed by atoms with Crippen molar-refractivity contribution in [3.63, 3.8) is 0 Å². The Labute approximate surface area is 98.3 Å². The molecule has 0 atom stereocenters. The first-order valence-electron chi connectivity index (χ1n) is 5.02. The SMILES string of the molecule is COC(=O)c1c(-c2ncncc2C)cnn1C. The van der Waals surface area contributed by atoms with Crippen LogP contribution in [0.5, 0.6) is 0 Å². The van der Waals surface area contributed by atoms with E-state index in [0.717, 1.165) is 5.56 Å². The van der Waals surface area contributed by atoms with Gasteiger partial charge in [-0.05, 0) is 12.5 Å². The highest BCUT2D eigenvalue weighted by Crippen LogP contribution is 2.23. The van der Waals surface area contributed by atoms with Gasteiger partial charge < -0.3 is 4.74 Å². The van der Waals surface area contributed by atoms with Crippen LogP contribution in [0.1, 0.15) is 16.1 Å². The highest BCUT2D eigenvalue weighted by molar-refractivity contribution is 5.95.